The molecule has 7 heteroatoms. The molecule has 2 aromatic rings. The maximum absolute atomic E-state index is 12.6. The fourth-order valence-corrected chi connectivity index (χ4v) is 4.99. The number of carbonyl (C=O) groups excluding carboxylic acids is 1. The highest BCUT2D eigenvalue weighted by Crippen LogP contribution is 2.35. The number of thioether (sulfide) groups is 1. The second-order valence-corrected chi connectivity index (χ2v) is 8.72. The number of fused-ring (bicyclic) bond motifs is 1. The lowest BCUT2D eigenvalue weighted by molar-refractivity contribution is -0.113. The molecule has 1 aliphatic heterocycles. The van der Waals surface area contributed by atoms with Crippen molar-refractivity contribution in [2.75, 3.05) is 24.3 Å². The van der Waals surface area contributed by atoms with Crippen LogP contribution >= 0.6 is 11.8 Å². The van der Waals surface area contributed by atoms with Gasteiger partial charge in [0.05, 0.1) is 24.7 Å². The van der Waals surface area contributed by atoms with Crippen molar-refractivity contribution < 1.29 is 14.3 Å². The van der Waals surface area contributed by atoms with Gasteiger partial charge in [0.25, 0.3) is 0 Å². The van der Waals surface area contributed by atoms with Crippen LogP contribution in [0.2, 0.25) is 0 Å². The quantitative estimate of drug-likeness (QED) is 0.704. The van der Waals surface area contributed by atoms with Gasteiger partial charge >= 0.3 is 0 Å². The van der Waals surface area contributed by atoms with Crippen LogP contribution < -0.4 is 14.8 Å². The van der Waals surface area contributed by atoms with Crippen molar-refractivity contribution in [1.29, 1.82) is 0 Å². The van der Waals surface area contributed by atoms with E-state index in [1.165, 1.54) is 49.6 Å². The smallest absolute Gasteiger partial charge is 0.234 e. The van der Waals surface area contributed by atoms with Crippen molar-refractivity contribution >= 4 is 23.4 Å². The Morgan fingerprint density at radius 2 is 1.90 bits per heavy atom. The predicted molar refractivity (Wildman–Crippen MR) is 115 cm³/mol. The lowest BCUT2D eigenvalue weighted by atomic mass is 9.95. The van der Waals surface area contributed by atoms with Crippen molar-refractivity contribution in [3.05, 3.63) is 29.6 Å². The summed E-state index contributed by atoms with van der Waals surface area (Å²) in [6.45, 7) is 5.47. The second kappa shape index (κ2) is 9.11. The molecule has 1 aromatic carbocycles. The van der Waals surface area contributed by atoms with Crippen LogP contribution in [-0.4, -0.2) is 34.4 Å². The number of rotatable bonds is 5. The van der Waals surface area contributed by atoms with Crippen molar-refractivity contribution in [1.82, 2.24) is 9.55 Å². The Balaban J connectivity index is 1.40. The normalized spacial score (nSPS) is 17.0. The molecular weight excluding hydrogens is 386 g/mol. The van der Waals surface area contributed by atoms with Gasteiger partial charge in [-0.25, -0.2) is 4.98 Å². The Kier molecular flexibility index (Phi) is 6.33. The molecular formula is C22H29N3O3S. The minimum Gasteiger partial charge on any atom is -0.490 e. The summed E-state index contributed by atoms with van der Waals surface area (Å²) >= 11 is 1.52. The minimum absolute atomic E-state index is 0.0435. The van der Waals surface area contributed by atoms with Crippen LogP contribution in [0.4, 0.5) is 5.69 Å². The standard InChI is InChI=1S/C22H29N3O3S/c1-15-16(2)25(18-7-4-3-5-8-18)22(23-15)29-14-21(26)24-17-9-10-19-20(13-17)28-12-6-11-27-19/h9-10,13,18H,3-8,11-12,14H2,1-2H3,(H,24,26). The molecule has 0 spiro atoms. The van der Waals surface area contributed by atoms with Crippen molar-refractivity contribution in [2.24, 2.45) is 0 Å². The molecule has 1 fully saturated rings. The topological polar surface area (TPSA) is 65.4 Å². The SMILES string of the molecule is Cc1nc(SCC(=O)Nc2ccc3c(c2)OCCCO3)n(C2CCCCC2)c1C. The summed E-state index contributed by atoms with van der Waals surface area (Å²) in [4.78, 5) is 17.3. The molecule has 1 N–H and O–H groups in total. The highest BCUT2D eigenvalue weighted by molar-refractivity contribution is 7.99. The number of hydrogen-bond donors (Lipinski definition) is 1. The number of amides is 1. The molecule has 4 rings (SSSR count). The molecule has 0 bridgehead atoms. The van der Waals surface area contributed by atoms with E-state index in [2.05, 4.69) is 23.7 Å². The number of aromatic nitrogens is 2. The molecule has 1 saturated carbocycles. The first kappa shape index (κ1) is 20.1. The van der Waals surface area contributed by atoms with E-state index in [9.17, 15) is 4.79 Å². The Morgan fingerprint density at radius 1 is 1.14 bits per heavy atom. The van der Waals surface area contributed by atoms with Gasteiger partial charge < -0.3 is 19.4 Å². The number of nitrogens with one attached hydrogen (secondary N) is 1. The van der Waals surface area contributed by atoms with Crippen LogP contribution in [-0.2, 0) is 4.79 Å². The largest absolute Gasteiger partial charge is 0.490 e. The summed E-state index contributed by atoms with van der Waals surface area (Å²) in [5, 5.41) is 3.93. The molecule has 1 aromatic heterocycles. The highest BCUT2D eigenvalue weighted by Gasteiger charge is 2.22. The van der Waals surface area contributed by atoms with Gasteiger partial charge in [0, 0.05) is 29.9 Å². The fourth-order valence-electron chi connectivity index (χ4n) is 4.04. The zero-order chi connectivity index (χ0) is 20.2. The molecule has 2 aliphatic rings. The van der Waals surface area contributed by atoms with Gasteiger partial charge in [-0.2, -0.15) is 0 Å². The van der Waals surface area contributed by atoms with Crippen LogP contribution in [0.5, 0.6) is 11.5 Å². The van der Waals surface area contributed by atoms with E-state index < -0.39 is 0 Å². The first-order valence-corrected chi connectivity index (χ1v) is 11.5. The number of benzene rings is 1. The fraction of sp³-hybridized carbons (Fsp3) is 0.545. The minimum atomic E-state index is -0.0435. The summed E-state index contributed by atoms with van der Waals surface area (Å²) in [7, 11) is 0. The zero-order valence-electron chi connectivity index (χ0n) is 17.2. The van der Waals surface area contributed by atoms with Gasteiger partial charge in [-0.15, -0.1) is 0 Å². The maximum Gasteiger partial charge on any atom is 0.234 e. The molecule has 6 nitrogen and oxygen atoms in total. The number of imidazole rings is 1. The second-order valence-electron chi connectivity index (χ2n) is 7.78. The van der Waals surface area contributed by atoms with E-state index in [0.29, 0.717) is 30.8 Å². The number of ether oxygens (including phenoxy) is 2. The molecule has 0 atom stereocenters. The Morgan fingerprint density at radius 3 is 2.69 bits per heavy atom. The Bertz CT molecular complexity index is 874. The van der Waals surface area contributed by atoms with E-state index in [1.807, 2.05) is 18.2 Å². The lowest BCUT2D eigenvalue weighted by Crippen LogP contribution is -2.17. The van der Waals surface area contributed by atoms with Gasteiger partial charge in [-0.05, 0) is 38.8 Å². The van der Waals surface area contributed by atoms with E-state index in [-0.39, 0.29) is 5.91 Å². The first-order chi connectivity index (χ1) is 14.1. The third-order valence-electron chi connectivity index (χ3n) is 5.66. The van der Waals surface area contributed by atoms with Crippen LogP contribution in [0.3, 0.4) is 0 Å². The van der Waals surface area contributed by atoms with E-state index in [0.717, 1.165) is 28.7 Å². The number of anilines is 1. The van der Waals surface area contributed by atoms with Gasteiger partial charge in [0.1, 0.15) is 0 Å². The molecule has 0 unspecified atom stereocenters. The third kappa shape index (κ3) is 4.71. The van der Waals surface area contributed by atoms with Crippen molar-refractivity contribution in [3.8, 4) is 11.5 Å². The van der Waals surface area contributed by atoms with Gasteiger partial charge in [-0.1, -0.05) is 31.0 Å². The van der Waals surface area contributed by atoms with Crippen LogP contribution in [0.1, 0.15) is 56.0 Å². The number of aryl methyl sites for hydroxylation is 1. The summed E-state index contributed by atoms with van der Waals surface area (Å²) < 4.78 is 13.7. The zero-order valence-corrected chi connectivity index (χ0v) is 18.0. The average Bonchev–Trinajstić information content (AvgIpc) is 2.88. The molecule has 1 amide bonds. The average molecular weight is 416 g/mol. The molecule has 29 heavy (non-hydrogen) atoms. The lowest BCUT2D eigenvalue weighted by Gasteiger charge is -2.26. The Hall–Kier alpha value is -2.15. The van der Waals surface area contributed by atoms with Crippen molar-refractivity contribution in [3.63, 3.8) is 0 Å². The van der Waals surface area contributed by atoms with E-state index in [4.69, 9.17) is 14.5 Å². The van der Waals surface area contributed by atoms with Gasteiger partial charge in [0.2, 0.25) is 5.91 Å². The summed E-state index contributed by atoms with van der Waals surface area (Å²) in [6.07, 6.45) is 7.14. The highest BCUT2D eigenvalue weighted by atomic mass is 32.2. The van der Waals surface area contributed by atoms with Crippen LogP contribution in [0, 0.1) is 13.8 Å². The van der Waals surface area contributed by atoms with Gasteiger partial charge in [0.15, 0.2) is 16.7 Å². The summed E-state index contributed by atoms with van der Waals surface area (Å²) in [5.74, 6) is 1.71. The number of hydrogen-bond acceptors (Lipinski definition) is 5. The number of nitrogens with zero attached hydrogens (tertiary/aromatic N) is 2. The van der Waals surface area contributed by atoms with Crippen molar-refractivity contribution in [2.45, 2.75) is 63.6 Å². The van der Waals surface area contributed by atoms with Crippen LogP contribution in [0.15, 0.2) is 23.4 Å². The van der Waals surface area contributed by atoms with Gasteiger partial charge in [-0.3, -0.25) is 4.79 Å². The van der Waals surface area contributed by atoms with E-state index >= 15 is 0 Å². The molecule has 1 aliphatic carbocycles. The molecule has 0 saturated heterocycles. The molecule has 2 heterocycles. The molecule has 156 valence electrons. The molecule has 0 radical (unpaired) electrons. The van der Waals surface area contributed by atoms with E-state index in [1.54, 1.807) is 0 Å². The monoisotopic (exact) mass is 415 g/mol. The maximum atomic E-state index is 12.6. The third-order valence-corrected chi connectivity index (χ3v) is 6.61. The summed E-state index contributed by atoms with van der Waals surface area (Å²) in [5.41, 5.74) is 3.01. The first-order valence-electron chi connectivity index (χ1n) is 10.5. The van der Waals surface area contributed by atoms with Crippen LogP contribution in [0.25, 0.3) is 0 Å². The summed E-state index contributed by atoms with van der Waals surface area (Å²) in [6, 6.07) is 6.05. The number of carbonyl (C=O) groups is 1. The Labute approximate surface area is 176 Å². The predicted octanol–water partition coefficient (Wildman–Crippen LogP) is 4.90.